The summed E-state index contributed by atoms with van der Waals surface area (Å²) in [7, 11) is 0. The molecule has 0 heterocycles. The zero-order chi connectivity index (χ0) is 11.9. The summed E-state index contributed by atoms with van der Waals surface area (Å²) in [4.78, 5) is 0. The molecular weight excluding hydrogens is 210 g/mol. The molecule has 0 saturated heterocycles. The molecule has 0 unspecified atom stereocenters. The van der Waals surface area contributed by atoms with Gasteiger partial charge in [-0.3, -0.25) is 0 Å². The first-order valence-electron chi connectivity index (χ1n) is 6.81. The zero-order valence-corrected chi connectivity index (χ0v) is 10.7. The van der Waals surface area contributed by atoms with Crippen LogP contribution in [-0.4, -0.2) is 13.2 Å². The Hall–Kier alpha value is -1.02. The van der Waals surface area contributed by atoms with Gasteiger partial charge < -0.3 is 10.1 Å². The van der Waals surface area contributed by atoms with Gasteiger partial charge in [0.1, 0.15) is 5.75 Å². The highest BCUT2D eigenvalue weighted by Gasteiger charge is 2.15. The van der Waals surface area contributed by atoms with Gasteiger partial charge in [-0.1, -0.05) is 31.9 Å². The van der Waals surface area contributed by atoms with Crippen molar-refractivity contribution in [2.45, 2.75) is 39.2 Å². The lowest BCUT2D eigenvalue weighted by Gasteiger charge is -2.11. The van der Waals surface area contributed by atoms with E-state index in [0.717, 1.165) is 31.4 Å². The first kappa shape index (κ1) is 12.4. The van der Waals surface area contributed by atoms with E-state index in [-0.39, 0.29) is 0 Å². The Morgan fingerprint density at radius 3 is 2.53 bits per heavy atom. The SMILES string of the molecule is CCNCc1ccc(OCC2CCCC2)cc1. The van der Waals surface area contributed by atoms with Gasteiger partial charge in [0.25, 0.3) is 0 Å². The van der Waals surface area contributed by atoms with Crippen LogP contribution in [0.3, 0.4) is 0 Å². The molecule has 2 rings (SSSR count). The molecule has 0 radical (unpaired) electrons. The molecular formula is C15H23NO. The van der Waals surface area contributed by atoms with Gasteiger partial charge >= 0.3 is 0 Å². The Labute approximate surface area is 104 Å². The second kappa shape index (κ2) is 6.65. The van der Waals surface area contributed by atoms with E-state index >= 15 is 0 Å². The van der Waals surface area contributed by atoms with Gasteiger partial charge in [0.15, 0.2) is 0 Å². The van der Waals surface area contributed by atoms with Gasteiger partial charge in [-0.2, -0.15) is 0 Å². The van der Waals surface area contributed by atoms with Crippen LogP contribution in [-0.2, 0) is 6.54 Å². The molecule has 1 saturated carbocycles. The summed E-state index contributed by atoms with van der Waals surface area (Å²) in [5.74, 6) is 1.80. The molecule has 0 aliphatic heterocycles. The number of nitrogens with one attached hydrogen (secondary N) is 1. The third-order valence-electron chi connectivity index (χ3n) is 3.46. The van der Waals surface area contributed by atoms with Crippen LogP contribution in [0.2, 0.25) is 0 Å². The van der Waals surface area contributed by atoms with Gasteiger partial charge in [-0.25, -0.2) is 0 Å². The predicted molar refractivity (Wildman–Crippen MR) is 71.3 cm³/mol. The molecule has 2 heteroatoms. The standard InChI is InChI=1S/C15H23NO/c1-2-16-11-13-7-9-15(10-8-13)17-12-14-5-3-4-6-14/h7-10,14,16H,2-6,11-12H2,1H3. The maximum atomic E-state index is 5.83. The summed E-state index contributed by atoms with van der Waals surface area (Å²) in [6, 6.07) is 8.46. The van der Waals surface area contributed by atoms with Gasteiger partial charge in [0.2, 0.25) is 0 Å². The van der Waals surface area contributed by atoms with E-state index < -0.39 is 0 Å². The van der Waals surface area contributed by atoms with E-state index in [0.29, 0.717) is 0 Å². The highest BCUT2D eigenvalue weighted by molar-refractivity contribution is 5.27. The van der Waals surface area contributed by atoms with Gasteiger partial charge in [0.05, 0.1) is 6.61 Å². The summed E-state index contributed by atoms with van der Waals surface area (Å²) < 4.78 is 5.83. The van der Waals surface area contributed by atoms with E-state index in [9.17, 15) is 0 Å². The van der Waals surface area contributed by atoms with Crippen molar-refractivity contribution in [2.75, 3.05) is 13.2 Å². The fourth-order valence-corrected chi connectivity index (χ4v) is 2.36. The summed E-state index contributed by atoms with van der Waals surface area (Å²) in [6.07, 6.45) is 5.46. The summed E-state index contributed by atoms with van der Waals surface area (Å²) in [5, 5.41) is 3.32. The molecule has 1 aromatic rings. The Kier molecular flexibility index (Phi) is 4.87. The normalized spacial score (nSPS) is 16.3. The Bertz CT molecular complexity index is 314. The first-order chi connectivity index (χ1) is 8.38. The quantitative estimate of drug-likeness (QED) is 0.813. The lowest BCUT2D eigenvalue weighted by atomic mass is 10.1. The van der Waals surface area contributed by atoms with E-state index in [2.05, 4.69) is 36.5 Å². The number of hydrogen-bond donors (Lipinski definition) is 1. The summed E-state index contributed by atoms with van der Waals surface area (Å²) >= 11 is 0. The van der Waals surface area contributed by atoms with Crippen molar-refractivity contribution in [2.24, 2.45) is 5.92 Å². The van der Waals surface area contributed by atoms with Crippen molar-refractivity contribution in [3.8, 4) is 5.75 Å². The minimum Gasteiger partial charge on any atom is -0.493 e. The topological polar surface area (TPSA) is 21.3 Å². The van der Waals surface area contributed by atoms with Gasteiger partial charge in [0, 0.05) is 6.54 Å². The zero-order valence-electron chi connectivity index (χ0n) is 10.7. The minimum absolute atomic E-state index is 0.788. The second-order valence-corrected chi connectivity index (χ2v) is 4.89. The van der Waals surface area contributed by atoms with Crippen molar-refractivity contribution in [1.29, 1.82) is 0 Å². The van der Waals surface area contributed by atoms with Crippen LogP contribution in [0.4, 0.5) is 0 Å². The van der Waals surface area contributed by atoms with Gasteiger partial charge in [-0.05, 0) is 43.0 Å². The van der Waals surface area contributed by atoms with Crippen LogP contribution in [0.1, 0.15) is 38.2 Å². The third kappa shape index (κ3) is 4.04. The molecule has 1 aliphatic carbocycles. The second-order valence-electron chi connectivity index (χ2n) is 4.89. The monoisotopic (exact) mass is 233 g/mol. The maximum Gasteiger partial charge on any atom is 0.119 e. The number of rotatable bonds is 6. The van der Waals surface area contributed by atoms with E-state index in [1.54, 1.807) is 0 Å². The molecule has 1 N–H and O–H groups in total. The fraction of sp³-hybridized carbons (Fsp3) is 0.600. The van der Waals surface area contributed by atoms with Crippen molar-refractivity contribution in [1.82, 2.24) is 5.32 Å². The molecule has 0 atom stereocenters. The Balaban J connectivity index is 1.76. The highest BCUT2D eigenvalue weighted by Crippen LogP contribution is 2.25. The number of hydrogen-bond acceptors (Lipinski definition) is 2. The lowest BCUT2D eigenvalue weighted by molar-refractivity contribution is 0.252. The predicted octanol–water partition coefficient (Wildman–Crippen LogP) is 3.37. The van der Waals surface area contributed by atoms with E-state index in [1.165, 1.54) is 31.2 Å². The van der Waals surface area contributed by atoms with Crippen LogP contribution in [0.5, 0.6) is 5.75 Å². The number of benzene rings is 1. The maximum absolute atomic E-state index is 5.83. The van der Waals surface area contributed by atoms with E-state index in [4.69, 9.17) is 4.74 Å². The molecule has 94 valence electrons. The minimum atomic E-state index is 0.788. The molecule has 1 aliphatic rings. The molecule has 1 aromatic carbocycles. The van der Waals surface area contributed by atoms with Crippen molar-refractivity contribution < 1.29 is 4.74 Å². The number of ether oxygens (including phenoxy) is 1. The molecule has 17 heavy (non-hydrogen) atoms. The highest BCUT2D eigenvalue weighted by atomic mass is 16.5. The smallest absolute Gasteiger partial charge is 0.119 e. The Morgan fingerprint density at radius 1 is 1.18 bits per heavy atom. The average molecular weight is 233 g/mol. The van der Waals surface area contributed by atoms with Gasteiger partial charge in [-0.15, -0.1) is 0 Å². The lowest BCUT2D eigenvalue weighted by Crippen LogP contribution is -2.11. The summed E-state index contributed by atoms with van der Waals surface area (Å²) in [6.45, 7) is 4.98. The van der Waals surface area contributed by atoms with Crippen molar-refractivity contribution in [3.63, 3.8) is 0 Å². The third-order valence-corrected chi connectivity index (χ3v) is 3.46. The average Bonchev–Trinajstić information content (AvgIpc) is 2.88. The molecule has 0 spiro atoms. The van der Waals surface area contributed by atoms with E-state index in [1.807, 2.05) is 0 Å². The molecule has 0 aromatic heterocycles. The van der Waals surface area contributed by atoms with Crippen LogP contribution in [0.25, 0.3) is 0 Å². The van der Waals surface area contributed by atoms with Crippen LogP contribution >= 0.6 is 0 Å². The summed E-state index contributed by atoms with van der Waals surface area (Å²) in [5.41, 5.74) is 1.32. The van der Waals surface area contributed by atoms with Crippen molar-refractivity contribution in [3.05, 3.63) is 29.8 Å². The van der Waals surface area contributed by atoms with Crippen molar-refractivity contribution >= 4 is 0 Å². The molecule has 0 amide bonds. The first-order valence-corrected chi connectivity index (χ1v) is 6.81. The van der Waals surface area contributed by atoms with Crippen LogP contribution in [0.15, 0.2) is 24.3 Å². The largest absolute Gasteiger partial charge is 0.493 e. The molecule has 1 fully saturated rings. The van der Waals surface area contributed by atoms with Crippen LogP contribution < -0.4 is 10.1 Å². The molecule has 0 bridgehead atoms. The Morgan fingerprint density at radius 2 is 1.88 bits per heavy atom. The van der Waals surface area contributed by atoms with Crippen LogP contribution in [0, 0.1) is 5.92 Å². The molecule has 2 nitrogen and oxygen atoms in total. The fourth-order valence-electron chi connectivity index (χ4n) is 2.36.